The molecule has 0 bridgehead atoms. The first-order valence-electron chi connectivity index (χ1n) is 7.53. The summed E-state index contributed by atoms with van der Waals surface area (Å²) in [5, 5.41) is 4.09. The number of para-hydroxylation sites is 1. The number of nitroso groups, excluding NO2 is 1. The minimum absolute atomic E-state index is 0.299. The molecule has 0 spiro atoms. The van der Waals surface area contributed by atoms with Crippen LogP contribution in [0.5, 0.6) is 0 Å². The molecule has 0 atom stereocenters. The maximum atomic E-state index is 11.0. The molecule has 0 N–H and O–H groups in total. The van der Waals surface area contributed by atoms with E-state index in [1.807, 2.05) is 44.2 Å². The Morgan fingerprint density at radius 3 is 2.39 bits per heavy atom. The number of pyridine rings is 2. The van der Waals surface area contributed by atoms with E-state index in [2.05, 4.69) is 21.7 Å². The van der Waals surface area contributed by atoms with Crippen LogP contribution in [-0.4, -0.2) is 9.97 Å². The zero-order valence-electron chi connectivity index (χ0n) is 13.6. The summed E-state index contributed by atoms with van der Waals surface area (Å²) < 4.78 is 0. The van der Waals surface area contributed by atoms with Crippen LogP contribution in [0.15, 0.2) is 60.5 Å². The van der Waals surface area contributed by atoms with Crippen molar-refractivity contribution in [1.82, 2.24) is 9.97 Å². The second-order valence-corrected chi connectivity index (χ2v) is 4.88. The number of nitrogens with zero attached hydrogens (tertiary/aromatic N) is 3. The van der Waals surface area contributed by atoms with Crippen molar-refractivity contribution >= 4 is 22.2 Å². The van der Waals surface area contributed by atoms with E-state index >= 15 is 0 Å². The number of benzene rings is 1. The topological polar surface area (TPSA) is 55.2 Å². The van der Waals surface area contributed by atoms with Crippen LogP contribution in [0.2, 0.25) is 0 Å². The van der Waals surface area contributed by atoms with Gasteiger partial charge in [-0.15, -0.1) is 4.91 Å². The van der Waals surface area contributed by atoms with E-state index in [0.29, 0.717) is 17.0 Å². The summed E-state index contributed by atoms with van der Waals surface area (Å²) in [5.41, 5.74) is 4.19. The van der Waals surface area contributed by atoms with Gasteiger partial charge in [-0.2, -0.15) is 0 Å². The molecule has 0 saturated heterocycles. The number of rotatable bonds is 3. The summed E-state index contributed by atoms with van der Waals surface area (Å²) in [5.74, 6) is 0. The van der Waals surface area contributed by atoms with E-state index in [1.54, 1.807) is 25.4 Å². The molecular weight excluding hydrogens is 286 g/mol. The normalized spacial score (nSPS) is 9.87. The molecule has 116 valence electrons. The Morgan fingerprint density at radius 1 is 1.04 bits per heavy atom. The zero-order chi connectivity index (χ0) is 16.8. The highest BCUT2D eigenvalue weighted by Crippen LogP contribution is 2.29. The van der Waals surface area contributed by atoms with Gasteiger partial charge in [0.25, 0.3) is 0 Å². The van der Waals surface area contributed by atoms with E-state index in [0.717, 1.165) is 22.0 Å². The molecule has 1 aromatic carbocycles. The summed E-state index contributed by atoms with van der Waals surface area (Å²) in [7, 11) is 0. The number of hydrogen-bond acceptors (Lipinski definition) is 4. The lowest BCUT2D eigenvalue weighted by molar-refractivity contribution is 1.24. The van der Waals surface area contributed by atoms with Crippen molar-refractivity contribution in [3.05, 3.63) is 66.0 Å². The van der Waals surface area contributed by atoms with Gasteiger partial charge in [0, 0.05) is 28.9 Å². The van der Waals surface area contributed by atoms with Crippen molar-refractivity contribution in [3.8, 4) is 11.1 Å². The van der Waals surface area contributed by atoms with Crippen molar-refractivity contribution in [2.75, 3.05) is 0 Å². The van der Waals surface area contributed by atoms with E-state index in [1.165, 1.54) is 0 Å². The van der Waals surface area contributed by atoms with Crippen LogP contribution in [-0.2, 0) is 0 Å². The maximum Gasteiger partial charge on any atom is 0.134 e. The van der Waals surface area contributed by atoms with Crippen molar-refractivity contribution in [3.63, 3.8) is 0 Å². The van der Waals surface area contributed by atoms with Crippen LogP contribution in [0.3, 0.4) is 0 Å². The lowest BCUT2D eigenvalue weighted by atomic mass is 10.1. The van der Waals surface area contributed by atoms with Gasteiger partial charge in [0.05, 0.1) is 11.2 Å². The molecule has 0 aliphatic carbocycles. The van der Waals surface area contributed by atoms with Crippen molar-refractivity contribution in [2.45, 2.75) is 20.8 Å². The fourth-order valence-corrected chi connectivity index (χ4v) is 2.24. The SMILES string of the molecule is C=C(C)c1ncc(-c2cnc3ccccc3c2)cc1N=O.CC. The van der Waals surface area contributed by atoms with E-state index in [9.17, 15) is 4.91 Å². The molecule has 23 heavy (non-hydrogen) atoms. The van der Waals surface area contributed by atoms with Crippen LogP contribution < -0.4 is 0 Å². The largest absolute Gasteiger partial charge is 0.256 e. The van der Waals surface area contributed by atoms with Gasteiger partial charge < -0.3 is 0 Å². The van der Waals surface area contributed by atoms with Gasteiger partial charge in [-0.05, 0) is 35.9 Å². The Kier molecular flexibility index (Phi) is 5.31. The van der Waals surface area contributed by atoms with Gasteiger partial charge >= 0.3 is 0 Å². The average Bonchev–Trinajstić information content (AvgIpc) is 2.62. The van der Waals surface area contributed by atoms with Crippen molar-refractivity contribution in [1.29, 1.82) is 0 Å². The predicted octanol–water partition coefficient (Wildman–Crippen LogP) is 5.75. The summed E-state index contributed by atoms with van der Waals surface area (Å²) in [6.45, 7) is 9.60. The Hall–Kier alpha value is -2.88. The van der Waals surface area contributed by atoms with Gasteiger partial charge in [-0.3, -0.25) is 9.97 Å². The predicted molar refractivity (Wildman–Crippen MR) is 96.5 cm³/mol. The highest BCUT2D eigenvalue weighted by Gasteiger charge is 2.09. The first kappa shape index (κ1) is 16.5. The molecular formula is C19H19N3O. The molecule has 0 aliphatic rings. The second-order valence-electron chi connectivity index (χ2n) is 4.88. The van der Waals surface area contributed by atoms with E-state index in [-0.39, 0.29) is 0 Å². The molecule has 4 nitrogen and oxygen atoms in total. The molecule has 0 saturated carbocycles. The van der Waals surface area contributed by atoms with Crippen LogP contribution in [0.4, 0.5) is 5.69 Å². The minimum Gasteiger partial charge on any atom is -0.256 e. The van der Waals surface area contributed by atoms with Gasteiger partial charge in [-0.25, -0.2) is 0 Å². The smallest absolute Gasteiger partial charge is 0.134 e. The molecule has 4 heteroatoms. The molecule has 2 aromatic heterocycles. The molecule has 2 heterocycles. The van der Waals surface area contributed by atoms with Gasteiger partial charge in [0.2, 0.25) is 0 Å². The third-order valence-electron chi connectivity index (χ3n) is 3.29. The lowest BCUT2D eigenvalue weighted by Gasteiger charge is -2.06. The summed E-state index contributed by atoms with van der Waals surface area (Å²) in [4.78, 5) is 19.7. The van der Waals surface area contributed by atoms with Gasteiger partial charge in [0.1, 0.15) is 5.69 Å². The fraction of sp³-hybridized carbons (Fsp3) is 0.158. The lowest BCUT2D eigenvalue weighted by Crippen LogP contribution is -1.89. The highest BCUT2D eigenvalue weighted by molar-refractivity contribution is 5.84. The third-order valence-corrected chi connectivity index (χ3v) is 3.29. The molecule has 0 radical (unpaired) electrons. The molecule has 0 amide bonds. The molecule has 3 rings (SSSR count). The van der Waals surface area contributed by atoms with Crippen LogP contribution in [0.1, 0.15) is 26.5 Å². The Labute approximate surface area is 135 Å². The fourth-order valence-electron chi connectivity index (χ4n) is 2.24. The first-order chi connectivity index (χ1) is 11.2. The quantitative estimate of drug-likeness (QED) is 0.578. The number of hydrogen-bond donors (Lipinski definition) is 0. The number of aromatic nitrogens is 2. The standard InChI is InChI=1S/C17H13N3O.C2H6/c1-11(2)17-16(20-21)8-14(10-19-17)13-7-12-5-3-4-6-15(12)18-9-13;1-2/h3-10H,1H2,2H3;1-2H3. The van der Waals surface area contributed by atoms with Crippen LogP contribution in [0, 0.1) is 4.91 Å². The minimum atomic E-state index is 0.299. The molecule has 0 unspecified atom stereocenters. The summed E-state index contributed by atoms with van der Waals surface area (Å²) >= 11 is 0. The molecule has 3 aromatic rings. The van der Waals surface area contributed by atoms with Crippen LogP contribution in [0.25, 0.3) is 27.6 Å². The van der Waals surface area contributed by atoms with Crippen molar-refractivity contribution in [2.24, 2.45) is 5.18 Å². The van der Waals surface area contributed by atoms with E-state index < -0.39 is 0 Å². The Morgan fingerprint density at radius 2 is 1.70 bits per heavy atom. The maximum absolute atomic E-state index is 11.0. The zero-order valence-corrected chi connectivity index (χ0v) is 13.6. The average molecular weight is 305 g/mol. The van der Waals surface area contributed by atoms with Gasteiger partial charge in [-0.1, -0.05) is 38.6 Å². The molecule has 0 aliphatic heterocycles. The van der Waals surface area contributed by atoms with Crippen LogP contribution >= 0.6 is 0 Å². The monoisotopic (exact) mass is 305 g/mol. The summed E-state index contributed by atoms with van der Waals surface area (Å²) in [6, 6.07) is 11.6. The van der Waals surface area contributed by atoms with E-state index in [4.69, 9.17) is 0 Å². The summed E-state index contributed by atoms with van der Waals surface area (Å²) in [6.07, 6.45) is 3.48. The first-order valence-corrected chi connectivity index (χ1v) is 7.53. The Balaban J connectivity index is 0.000000924. The third kappa shape index (κ3) is 3.48. The second kappa shape index (κ2) is 7.40. The van der Waals surface area contributed by atoms with Gasteiger partial charge in [0.15, 0.2) is 0 Å². The highest BCUT2D eigenvalue weighted by atomic mass is 16.3. The number of fused-ring (bicyclic) bond motifs is 1. The molecule has 0 fully saturated rings. The van der Waals surface area contributed by atoms with Crippen molar-refractivity contribution < 1.29 is 0 Å². The number of allylic oxidation sites excluding steroid dienone is 1. The Bertz CT molecular complexity index is 856.